The van der Waals surface area contributed by atoms with Gasteiger partial charge in [0, 0.05) is 32.2 Å². The first-order chi connectivity index (χ1) is 20.9. The van der Waals surface area contributed by atoms with Crippen LogP contribution in [-0.2, 0) is 25.8 Å². The fraction of sp³-hybridized carbons (Fsp3) is 0.469. The summed E-state index contributed by atoms with van der Waals surface area (Å²) in [5.74, 6) is 1.70. The van der Waals surface area contributed by atoms with Gasteiger partial charge in [-0.1, -0.05) is 23.7 Å². The smallest absolute Gasteiger partial charge is 0.251 e. The molecule has 2 aromatic carbocycles. The minimum absolute atomic E-state index is 0.0121. The van der Waals surface area contributed by atoms with Gasteiger partial charge in [0.2, 0.25) is 5.95 Å². The van der Waals surface area contributed by atoms with Gasteiger partial charge in [-0.25, -0.2) is 13.4 Å². The molecule has 1 aromatic heterocycles. The minimum atomic E-state index is -3.55. The van der Waals surface area contributed by atoms with Crippen molar-refractivity contribution < 1.29 is 22.7 Å². The standard InChI is InChI=1S/C32H40ClN5O5S/c1-18(2)44(40,41)27-10-8-7-9-25(27)35-30-24(33)17-34-32(37-30)36-26-15-19(3)28(23-16-20(4)43-29(23)26)22-11-13-38(14-12-22)31(39)21(5)42-6/h7-10,15,17-18,20-22H,11-14,16H2,1-6H3,(H2,34,35,36,37). The van der Waals surface area contributed by atoms with E-state index in [0.29, 0.717) is 24.7 Å². The normalized spacial score (nSPS) is 17.7. The number of sulfone groups is 1. The van der Waals surface area contributed by atoms with E-state index < -0.39 is 21.2 Å². The highest BCUT2D eigenvalue weighted by Gasteiger charge is 2.33. The molecule has 236 valence electrons. The fourth-order valence-electron chi connectivity index (χ4n) is 5.99. The van der Waals surface area contributed by atoms with E-state index >= 15 is 0 Å². The molecule has 0 saturated carbocycles. The van der Waals surface area contributed by atoms with Crippen LogP contribution < -0.4 is 15.4 Å². The van der Waals surface area contributed by atoms with Crippen LogP contribution in [-0.4, -0.2) is 66.9 Å². The lowest BCUT2D eigenvalue weighted by molar-refractivity contribution is -0.142. The van der Waals surface area contributed by atoms with Crippen molar-refractivity contribution in [2.75, 3.05) is 30.8 Å². The predicted octanol–water partition coefficient (Wildman–Crippen LogP) is 6.17. The number of hydrogen-bond acceptors (Lipinski definition) is 9. The average molecular weight is 642 g/mol. The molecule has 3 heterocycles. The second-order valence-corrected chi connectivity index (χ2v) is 14.7. The van der Waals surface area contributed by atoms with Gasteiger partial charge in [0.15, 0.2) is 15.7 Å². The molecular weight excluding hydrogens is 602 g/mol. The van der Waals surface area contributed by atoms with Gasteiger partial charge in [0.1, 0.15) is 23.0 Å². The van der Waals surface area contributed by atoms with Gasteiger partial charge in [0.05, 0.1) is 27.7 Å². The number of carbonyl (C=O) groups excluding carboxylic acids is 1. The topological polar surface area (TPSA) is 123 Å². The van der Waals surface area contributed by atoms with E-state index in [9.17, 15) is 13.2 Å². The fourth-order valence-corrected chi connectivity index (χ4v) is 7.33. The van der Waals surface area contributed by atoms with E-state index in [1.165, 1.54) is 17.3 Å². The van der Waals surface area contributed by atoms with Gasteiger partial charge >= 0.3 is 0 Å². The lowest BCUT2D eigenvalue weighted by atomic mass is 9.82. The second kappa shape index (κ2) is 12.9. The van der Waals surface area contributed by atoms with Crippen LogP contribution in [0.2, 0.25) is 5.02 Å². The number of aromatic nitrogens is 2. The Morgan fingerprint density at radius 2 is 1.84 bits per heavy atom. The van der Waals surface area contributed by atoms with E-state index in [1.54, 1.807) is 52.1 Å². The Bertz CT molecular complexity index is 1660. The Balaban J connectivity index is 1.41. The van der Waals surface area contributed by atoms with Crippen LogP contribution in [0.1, 0.15) is 63.1 Å². The number of carbonyl (C=O) groups is 1. The number of anilines is 4. The number of aryl methyl sites for hydroxylation is 1. The highest BCUT2D eigenvalue weighted by atomic mass is 35.5. The number of nitrogens with zero attached hydrogens (tertiary/aromatic N) is 3. The number of piperidine rings is 1. The molecule has 44 heavy (non-hydrogen) atoms. The summed E-state index contributed by atoms with van der Waals surface area (Å²) in [6.45, 7) is 10.6. The van der Waals surface area contributed by atoms with Crippen LogP contribution in [0, 0.1) is 6.92 Å². The van der Waals surface area contributed by atoms with E-state index in [2.05, 4.69) is 40.5 Å². The van der Waals surface area contributed by atoms with Crippen molar-refractivity contribution in [3.63, 3.8) is 0 Å². The van der Waals surface area contributed by atoms with Gasteiger partial charge in [-0.15, -0.1) is 0 Å². The Morgan fingerprint density at radius 1 is 1.14 bits per heavy atom. The molecule has 1 fully saturated rings. The highest BCUT2D eigenvalue weighted by molar-refractivity contribution is 7.92. The number of rotatable bonds is 9. The van der Waals surface area contributed by atoms with Crippen LogP contribution >= 0.6 is 11.6 Å². The average Bonchev–Trinajstić information content (AvgIpc) is 3.39. The summed E-state index contributed by atoms with van der Waals surface area (Å²) in [7, 11) is -1.99. The van der Waals surface area contributed by atoms with Crippen LogP contribution in [0.3, 0.4) is 0 Å². The third-order valence-corrected chi connectivity index (χ3v) is 10.9. The molecule has 2 aliphatic rings. The molecule has 1 saturated heterocycles. The van der Waals surface area contributed by atoms with Crippen molar-refractivity contribution in [3.8, 4) is 5.75 Å². The Kier molecular flexibility index (Phi) is 9.38. The predicted molar refractivity (Wildman–Crippen MR) is 172 cm³/mol. The highest BCUT2D eigenvalue weighted by Crippen LogP contribution is 2.46. The molecule has 0 bridgehead atoms. The molecule has 0 radical (unpaired) electrons. The van der Waals surface area contributed by atoms with Crippen LogP contribution in [0.15, 0.2) is 41.4 Å². The minimum Gasteiger partial charge on any atom is -0.488 e. The zero-order chi connectivity index (χ0) is 31.8. The number of ether oxygens (including phenoxy) is 2. The zero-order valence-electron chi connectivity index (χ0n) is 26.0. The number of amides is 1. The van der Waals surface area contributed by atoms with E-state index in [0.717, 1.165) is 36.3 Å². The maximum atomic E-state index is 13.0. The summed E-state index contributed by atoms with van der Waals surface area (Å²) in [6, 6.07) is 8.76. The van der Waals surface area contributed by atoms with Crippen molar-refractivity contribution in [3.05, 3.63) is 58.2 Å². The van der Waals surface area contributed by atoms with E-state index in [1.807, 2.05) is 4.90 Å². The van der Waals surface area contributed by atoms with Gasteiger partial charge in [-0.3, -0.25) is 4.79 Å². The maximum absolute atomic E-state index is 13.0. The maximum Gasteiger partial charge on any atom is 0.251 e. The first-order valence-corrected chi connectivity index (χ1v) is 16.9. The summed E-state index contributed by atoms with van der Waals surface area (Å²) < 4.78 is 37.5. The molecule has 5 rings (SSSR count). The molecule has 2 N–H and O–H groups in total. The zero-order valence-corrected chi connectivity index (χ0v) is 27.6. The van der Waals surface area contributed by atoms with E-state index in [-0.39, 0.29) is 33.7 Å². The molecule has 12 heteroatoms. The van der Waals surface area contributed by atoms with Gasteiger partial charge in [0.25, 0.3) is 5.91 Å². The molecule has 0 spiro atoms. The molecular formula is C32H40ClN5O5S. The molecule has 2 unspecified atom stereocenters. The first kappa shape index (κ1) is 32.0. The monoisotopic (exact) mass is 641 g/mol. The summed E-state index contributed by atoms with van der Waals surface area (Å²) in [5.41, 5.74) is 4.75. The lowest BCUT2D eigenvalue weighted by Gasteiger charge is -2.35. The number of hydrogen-bond donors (Lipinski definition) is 2. The largest absolute Gasteiger partial charge is 0.488 e. The third-order valence-electron chi connectivity index (χ3n) is 8.41. The first-order valence-electron chi connectivity index (χ1n) is 14.9. The van der Waals surface area contributed by atoms with Crippen molar-refractivity contribution in [1.29, 1.82) is 0 Å². The second-order valence-electron chi connectivity index (χ2n) is 11.8. The number of methoxy groups -OCH3 is 1. The Morgan fingerprint density at radius 3 is 2.52 bits per heavy atom. The van der Waals surface area contributed by atoms with Crippen molar-refractivity contribution in [2.24, 2.45) is 0 Å². The summed E-state index contributed by atoms with van der Waals surface area (Å²) in [4.78, 5) is 23.7. The number of nitrogens with one attached hydrogen (secondary N) is 2. The Labute approximate surface area is 264 Å². The number of fused-ring (bicyclic) bond motifs is 1. The molecule has 2 atom stereocenters. The third kappa shape index (κ3) is 6.36. The SMILES string of the molecule is COC(C)C(=O)N1CCC(c2c(C)cc(Nc3ncc(Cl)c(Nc4ccccc4S(=O)(=O)C(C)C)n3)c3c2CC(C)O3)CC1. The number of halogens is 1. The quantitative estimate of drug-likeness (QED) is 0.282. The van der Waals surface area contributed by atoms with Gasteiger partial charge < -0.3 is 25.0 Å². The Hall–Kier alpha value is -3.41. The van der Waals surface area contributed by atoms with Crippen LogP contribution in [0.5, 0.6) is 5.75 Å². The number of para-hydroxylation sites is 1. The summed E-state index contributed by atoms with van der Waals surface area (Å²) >= 11 is 6.46. The van der Waals surface area contributed by atoms with Crippen LogP contribution in [0.25, 0.3) is 0 Å². The lowest BCUT2D eigenvalue weighted by Crippen LogP contribution is -2.43. The van der Waals surface area contributed by atoms with Gasteiger partial charge in [-0.05, 0) is 82.7 Å². The molecule has 2 aliphatic heterocycles. The molecule has 10 nitrogen and oxygen atoms in total. The van der Waals surface area contributed by atoms with Crippen molar-refractivity contribution in [2.45, 2.75) is 82.2 Å². The number of likely N-dealkylation sites (tertiary alicyclic amines) is 1. The molecule has 0 aliphatic carbocycles. The van der Waals surface area contributed by atoms with Crippen molar-refractivity contribution >= 4 is 50.5 Å². The van der Waals surface area contributed by atoms with Gasteiger partial charge in [-0.2, -0.15) is 4.98 Å². The van der Waals surface area contributed by atoms with Crippen molar-refractivity contribution in [1.82, 2.24) is 14.9 Å². The molecule has 1 amide bonds. The van der Waals surface area contributed by atoms with Crippen LogP contribution in [0.4, 0.5) is 23.1 Å². The number of benzene rings is 2. The summed E-state index contributed by atoms with van der Waals surface area (Å²) in [6.07, 6.45) is 3.59. The molecule has 3 aromatic rings. The summed E-state index contributed by atoms with van der Waals surface area (Å²) in [5, 5.41) is 6.09. The van der Waals surface area contributed by atoms with E-state index in [4.69, 9.17) is 21.1 Å².